The van der Waals surface area contributed by atoms with Gasteiger partial charge in [0.1, 0.15) is 0 Å². The monoisotopic (exact) mass is 381 g/mol. The summed E-state index contributed by atoms with van der Waals surface area (Å²) in [6, 6.07) is 12.9. The van der Waals surface area contributed by atoms with E-state index in [9.17, 15) is 14.9 Å². The fraction of sp³-hybridized carbons (Fsp3) is 0.409. The molecule has 1 aliphatic carbocycles. The van der Waals surface area contributed by atoms with Crippen LogP contribution in [0.4, 0.5) is 11.4 Å². The van der Waals surface area contributed by atoms with Gasteiger partial charge in [-0.05, 0) is 50.6 Å². The standard InChI is InChI=1S/C22H27N3O3/c1-16-14-17(12-13-21(16)25(27)28)22(26)23-20-11-7-6-8-18(20)15-24(2)19-9-4-3-5-10-19/h6-8,11-14,19H,3-5,9-10,15H2,1-2H3,(H,23,26). The zero-order chi connectivity index (χ0) is 20.1. The minimum atomic E-state index is -0.437. The van der Waals surface area contributed by atoms with E-state index >= 15 is 0 Å². The van der Waals surface area contributed by atoms with E-state index in [1.807, 2.05) is 24.3 Å². The first-order chi connectivity index (χ1) is 13.5. The van der Waals surface area contributed by atoms with Crippen LogP contribution in [0.3, 0.4) is 0 Å². The maximum absolute atomic E-state index is 12.7. The minimum Gasteiger partial charge on any atom is -0.322 e. The van der Waals surface area contributed by atoms with E-state index in [0.29, 0.717) is 17.2 Å². The summed E-state index contributed by atoms with van der Waals surface area (Å²) in [4.78, 5) is 25.6. The van der Waals surface area contributed by atoms with Crippen LogP contribution in [0.25, 0.3) is 0 Å². The van der Waals surface area contributed by atoms with Gasteiger partial charge in [-0.2, -0.15) is 0 Å². The number of aryl methyl sites for hydroxylation is 1. The molecule has 1 saturated carbocycles. The lowest BCUT2D eigenvalue weighted by Crippen LogP contribution is -2.33. The Bertz CT molecular complexity index is 860. The second-order valence-corrected chi connectivity index (χ2v) is 7.58. The first kappa shape index (κ1) is 20.0. The number of nitrogens with zero attached hydrogens (tertiary/aromatic N) is 2. The molecule has 0 saturated heterocycles. The summed E-state index contributed by atoms with van der Waals surface area (Å²) in [7, 11) is 2.15. The zero-order valence-electron chi connectivity index (χ0n) is 16.5. The van der Waals surface area contributed by atoms with E-state index < -0.39 is 4.92 Å². The summed E-state index contributed by atoms with van der Waals surface area (Å²) in [6.45, 7) is 2.42. The van der Waals surface area contributed by atoms with Gasteiger partial charge >= 0.3 is 0 Å². The van der Waals surface area contributed by atoms with Crippen molar-refractivity contribution >= 4 is 17.3 Å². The Hall–Kier alpha value is -2.73. The smallest absolute Gasteiger partial charge is 0.272 e. The molecule has 1 N–H and O–H groups in total. The van der Waals surface area contributed by atoms with Gasteiger partial charge in [-0.25, -0.2) is 0 Å². The van der Waals surface area contributed by atoms with Gasteiger partial charge in [-0.15, -0.1) is 0 Å². The first-order valence-corrected chi connectivity index (χ1v) is 9.80. The van der Waals surface area contributed by atoms with E-state index in [0.717, 1.165) is 17.8 Å². The predicted molar refractivity (Wildman–Crippen MR) is 111 cm³/mol. The third-order valence-electron chi connectivity index (χ3n) is 5.54. The molecule has 6 heteroatoms. The molecular weight excluding hydrogens is 354 g/mol. The molecule has 2 aromatic carbocycles. The third kappa shape index (κ3) is 4.75. The number of para-hydroxylation sites is 1. The number of amides is 1. The normalized spacial score (nSPS) is 14.8. The van der Waals surface area contributed by atoms with Crippen LogP contribution in [0.2, 0.25) is 0 Å². The molecule has 1 fully saturated rings. The Morgan fingerprint density at radius 1 is 1.18 bits per heavy atom. The van der Waals surface area contributed by atoms with Crippen LogP contribution in [-0.4, -0.2) is 28.8 Å². The van der Waals surface area contributed by atoms with Crippen molar-refractivity contribution in [2.24, 2.45) is 0 Å². The molecule has 3 rings (SSSR count). The van der Waals surface area contributed by atoms with Crippen LogP contribution >= 0.6 is 0 Å². The lowest BCUT2D eigenvalue weighted by molar-refractivity contribution is -0.385. The predicted octanol–water partition coefficient (Wildman–Crippen LogP) is 4.92. The van der Waals surface area contributed by atoms with Crippen LogP contribution in [0.5, 0.6) is 0 Å². The van der Waals surface area contributed by atoms with Crippen LogP contribution in [0.15, 0.2) is 42.5 Å². The third-order valence-corrected chi connectivity index (χ3v) is 5.54. The van der Waals surface area contributed by atoms with Crippen molar-refractivity contribution in [2.75, 3.05) is 12.4 Å². The van der Waals surface area contributed by atoms with Crippen molar-refractivity contribution in [1.82, 2.24) is 4.90 Å². The Labute approximate surface area is 165 Å². The molecule has 0 aliphatic heterocycles. The summed E-state index contributed by atoms with van der Waals surface area (Å²) in [5.41, 5.74) is 2.77. The molecule has 0 atom stereocenters. The van der Waals surface area contributed by atoms with Gasteiger partial charge in [0.15, 0.2) is 0 Å². The van der Waals surface area contributed by atoms with Crippen molar-refractivity contribution in [3.05, 3.63) is 69.3 Å². The first-order valence-electron chi connectivity index (χ1n) is 9.80. The Morgan fingerprint density at radius 2 is 1.89 bits per heavy atom. The van der Waals surface area contributed by atoms with Crippen LogP contribution in [-0.2, 0) is 6.54 Å². The summed E-state index contributed by atoms with van der Waals surface area (Å²) in [5.74, 6) is -0.259. The van der Waals surface area contributed by atoms with Crippen molar-refractivity contribution < 1.29 is 9.72 Å². The Morgan fingerprint density at radius 3 is 2.57 bits per heavy atom. The minimum absolute atomic E-state index is 0.0195. The highest BCUT2D eigenvalue weighted by atomic mass is 16.6. The zero-order valence-corrected chi connectivity index (χ0v) is 16.5. The van der Waals surface area contributed by atoms with E-state index in [1.165, 1.54) is 44.2 Å². The molecule has 0 bridgehead atoms. The van der Waals surface area contributed by atoms with Gasteiger partial charge in [0.05, 0.1) is 4.92 Å². The Balaban J connectivity index is 1.73. The molecule has 0 unspecified atom stereocenters. The molecule has 1 amide bonds. The number of hydrogen-bond donors (Lipinski definition) is 1. The van der Waals surface area contributed by atoms with Gasteiger partial charge in [0.25, 0.3) is 11.6 Å². The van der Waals surface area contributed by atoms with Gasteiger partial charge in [-0.1, -0.05) is 37.5 Å². The molecule has 6 nitrogen and oxygen atoms in total. The average molecular weight is 381 g/mol. The van der Waals surface area contributed by atoms with E-state index in [1.54, 1.807) is 13.0 Å². The van der Waals surface area contributed by atoms with Crippen LogP contribution in [0, 0.1) is 17.0 Å². The fourth-order valence-electron chi connectivity index (χ4n) is 3.90. The van der Waals surface area contributed by atoms with Crippen LogP contribution < -0.4 is 5.32 Å². The number of hydrogen-bond acceptors (Lipinski definition) is 4. The highest BCUT2D eigenvalue weighted by molar-refractivity contribution is 6.04. The number of carbonyl (C=O) groups is 1. The maximum Gasteiger partial charge on any atom is 0.272 e. The van der Waals surface area contributed by atoms with E-state index in [4.69, 9.17) is 0 Å². The van der Waals surface area contributed by atoms with Gasteiger partial charge in [0.2, 0.25) is 0 Å². The van der Waals surface area contributed by atoms with Gasteiger partial charge < -0.3 is 5.32 Å². The number of carbonyl (C=O) groups excluding carboxylic acids is 1. The van der Waals surface area contributed by atoms with Crippen molar-refractivity contribution in [1.29, 1.82) is 0 Å². The Kier molecular flexibility index (Phi) is 6.41. The molecule has 0 radical (unpaired) electrons. The van der Waals surface area contributed by atoms with Crippen molar-refractivity contribution in [3.8, 4) is 0 Å². The van der Waals surface area contributed by atoms with Gasteiger partial charge in [0, 0.05) is 35.5 Å². The molecule has 1 aliphatic rings. The summed E-state index contributed by atoms with van der Waals surface area (Å²) in [6.07, 6.45) is 6.35. The molecule has 0 spiro atoms. The molecule has 0 aromatic heterocycles. The number of nitrogens with one attached hydrogen (secondary N) is 1. The molecule has 148 valence electrons. The lowest BCUT2D eigenvalue weighted by atomic mass is 9.94. The van der Waals surface area contributed by atoms with Crippen LogP contribution in [0.1, 0.15) is 53.6 Å². The molecule has 28 heavy (non-hydrogen) atoms. The summed E-state index contributed by atoms with van der Waals surface area (Å²) in [5, 5.41) is 13.9. The van der Waals surface area contributed by atoms with E-state index in [-0.39, 0.29) is 11.6 Å². The topological polar surface area (TPSA) is 75.5 Å². The summed E-state index contributed by atoms with van der Waals surface area (Å²) >= 11 is 0. The second kappa shape index (κ2) is 8.97. The summed E-state index contributed by atoms with van der Waals surface area (Å²) < 4.78 is 0. The van der Waals surface area contributed by atoms with Crippen molar-refractivity contribution in [2.45, 2.75) is 51.6 Å². The molecule has 0 heterocycles. The number of rotatable bonds is 6. The number of nitro groups is 1. The average Bonchev–Trinajstić information content (AvgIpc) is 2.69. The highest BCUT2D eigenvalue weighted by Crippen LogP contribution is 2.25. The second-order valence-electron chi connectivity index (χ2n) is 7.58. The lowest BCUT2D eigenvalue weighted by Gasteiger charge is -2.31. The number of benzene rings is 2. The van der Waals surface area contributed by atoms with E-state index in [2.05, 4.69) is 17.3 Å². The largest absolute Gasteiger partial charge is 0.322 e. The van der Waals surface area contributed by atoms with Gasteiger partial charge in [-0.3, -0.25) is 19.8 Å². The SMILES string of the molecule is Cc1cc(C(=O)Nc2ccccc2CN(C)C2CCCCC2)ccc1[N+](=O)[O-]. The molecule has 2 aromatic rings. The quantitative estimate of drug-likeness (QED) is 0.569. The maximum atomic E-state index is 12.7. The van der Waals surface area contributed by atoms with Crippen molar-refractivity contribution in [3.63, 3.8) is 0 Å². The number of nitro benzene ring substituents is 1. The number of anilines is 1. The fourth-order valence-corrected chi connectivity index (χ4v) is 3.90. The highest BCUT2D eigenvalue weighted by Gasteiger charge is 2.19. The molecular formula is C22H27N3O3.